The summed E-state index contributed by atoms with van der Waals surface area (Å²) in [5.41, 5.74) is 0.190. The van der Waals surface area contributed by atoms with E-state index in [0.717, 1.165) is 31.6 Å². The summed E-state index contributed by atoms with van der Waals surface area (Å²) in [6, 6.07) is 3.20. The molecule has 25 heavy (non-hydrogen) atoms. The summed E-state index contributed by atoms with van der Waals surface area (Å²) in [7, 11) is 0. The van der Waals surface area contributed by atoms with Gasteiger partial charge in [-0.05, 0) is 42.3 Å². The zero-order valence-electron chi connectivity index (χ0n) is 13.5. The summed E-state index contributed by atoms with van der Waals surface area (Å²) in [5, 5.41) is 14.0. The highest BCUT2D eigenvalue weighted by atomic mass is 32.2. The van der Waals surface area contributed by atoms with Crippen molar-refractivity contribution in [1.82, 2.24) is 20.2 Å². The van der Waals surface area contributed by atoms with Crippen LogP contribution in [0.2, 0.25) is 0 Å². The number of hydrogen-bond donors (Lipinski definition) is 1. The number of benzene rings is 1. The highest BCUT2D eigenvalue weighted by Crippen LogP contribution is 2.23. The van der Waals surface area contributed by atoms with Crippen LogP contribution in [0.3, 0.4) is 0 Å². The fourth-order valence-corrected chi connectivity index (χ4v) is 3.20. The molecule has 0 spiro atoms. The normalized spacial score (nSPS) is 18.3. The van der Waals surface area contributed by atoms with Gasteiger partial charge in [-0.15, -0.1) is 5.10 Å². The van der Waals surface area contributed by atoms with E-state index >= 15 is 0 Å². The van der Waals surface area contributed by atoms with Crippen molar-refractivity contribution in [3.05, 3.63) is 29.8 Å². The van der Waals surface area contributed by atoms with E-state index in [1.807, 2.05) is 0 Å². The monoisotopic (exact) mass is 369 g/mol. The van der Waals surface area contributed by atoms with Gasteiger partial charge >= 0.3 is 0 Å². The largest absolute Gasteiger partial charge is 0.376 e. The van der Waals surface area contributed by atoms with Crippen LogP contribution < -0.4 is 5.32 Å². The van der Waals surface area contributed by atoms with Crippen LogP contribution in [0.15, 0.2) is 23.4 Å². The number of rotatable bonds is 6. The quantitative estimate of drug-likeness (QED) is 0.787. The van der Waals surface area contributed by atoms with Crippen LogP contribution >= 0.6 is 11.8 Å². The van der Waals surface area contributed by atoms with Crippen molar-refractivity contribution in [2.24, 2.45) is 0 Å². The lowest BCUT2D eigenvalue weighted by Crippen LogP contribution is -2.24. The van der Waals surface area contributed by atoms with Gasteiger partial charge in [-0.2, -0.15) is 0 Å². The number of aromatic nitrogens is 4. The SMILES string of the molecule is CC(Sc1nnnn1CC1CCCO1)C(=O)Nc1ccc(F)c(F)c1. The molecule has 7 nitrogen and oxygen atoms in total. The van der Waals surface area contributed by atoms with Gasteiger partial charge in [-0.25, -0.2) is 13.5 Å². The van der Waals surface area contributed by atoms with Gasteiger partial charge < -0.3 is 10.1 Å². The summed E-state index contributed by atoms with van der Waals surface area (Å²) in [6.07, 6.45) is 2.05. The molecule has 1 aromatic heterocycles. The minimum atomic E-state index is -1.02. The Morgan fingerprint density at radius 3 is 3.04 bits per heavy atom. The first-order chi connectivity index (χ1) is 12.0. The van der Waals surface area contributed by atoms with Crippen LogP contribution in [0.4, 0.5) is 14.5 Å². The molecule has 2 heterocycles. The van der Waals surface area contributed by atoms with Crippen molar-refractivity contribution < 1.29 is 18.3 Å². The summed E-state index contributed by atoms with van der Waals surface area (Å²) in [4.78, 5) is 12.2. The maximum atomic E-state index is 13.2. The topological polar surface area (TPSA) is 81.9 Å². The van der Waals surface area contributed by atoms with Crippen LogP contribution in [0, 0.1) is 11.6 Å². The van der Waals surface area contributed by atoms with E-state index in [9.17, 15) is 13.6 Å². The number of tetrazole rings is 1. The van der Waals surface area contributed by atoms with Crippen molar-refractivity contribution in [3.8, 4) is 0 Å². The second kappa shape index (κ2) is 7.87. The molecule has 10 heteroatoms. The number of carbonyl (C=O) groups excluding carboxylic acids is 1. The molecule has 1 N–H and O–H groups in total. The van der Waals surface area contributed by atoms with E-state index in [1.165, 1.54) is 17.8 Å². The Morgan fingerprint density at radius 2 is 2.32 bits per heavy atom. The zero-order chi connectivity index (χ0) is 17.8. The lowest BCUT2D eigenvalue weighted by molar-refractivity contribution is -0.115. The summed E-state index contributed by atoms with van der Waals surface area (Å²) in [5.74, 6) is -2.34. The van der Waals surface area contributed by atoms with Gasteiger partial charge in [0.05, 0.1) is 17.9 Å². The molecule has 1 amide bonds. The van der Waals surface area contributed by atoms with E-state index in [1.54, 1.807) is 11.6 Å². The maximum Gasteiger partial charge on any atom is 0.237 e. The highest BCUT2D eigenvalue weighted by molar-refractivity contribution is 8.00. The fraction of sp³-hybridized carbons (Fsp3) is 0.467. The first kappa shape index (κ1) is 17.7. The average molecular weight is 369 g/mol. The molecule has 3 rings (SSSR count). The number of amides is 1. The molecule has 2 unspecified atom stereocenters. The van der Waals surface area contributed by atoms with E-state index in [-0.39, 0.29) is 17.7 Å². The smallest absolute Gasteiger partial charge is 0.237 e. The fourth-order valence-electron chi connectivity index (χ4n) is 2.41. The first-order valence-corrected chi connectivity index (χ1v) is 8.71. The lowest BCUT2D eigenvalue weighted by atomic mass is 10.2. The average Bonchev–Trinajstić information content (AvgIpc) is 3.24. The van der Waals surface area contributed by atoms with E-state index in [0.29, 0.717) is 11.7 Å². The Labute approximate surface area is 147 Å². The van der Waals surface area contributed by atoms with E-state index in [2.05, 4.69) is 20.8 Å². The molecule has 1 aliphatic rings. The van der Waals surface area contributed by atoms with Gasteiger partial charge in [0.1, 0.15) is 0 Å². The van der Waals surface area contributed by atoms with Crippen molar-refractivity contribution in [1.29, 1.82) is 0 Å². The number of carbonyl (C=O) groups is 1. The van der Waals surface area contributed by atoms with E-state index < -0.39 is 16.9 Å². The first-order valence-electron chi connectivity index (χ1n) is 7.83. The van der Waals surface area contributed by atoms with Crippen LogP contribution in [0.5, 0.6) is 0 Å². The van der Waals surface area contributed by atoms with Crippen LogP contribution in [-0.2, 0) is 16.1 Å². The molecular formula is C15H17F2N5O2S. The van der Waals surface area contributed by atoms with Gasteiger partial charge in [0.15, 0.2) is 11.6 Å². The van der Waals surface area contributed by atoms with Gasteiger partial charge in [0, 0.05) is 18.4 Å². The number of anilines is 1. The summed E-state index contributed by atoms with van der Waals surface area (Å²) < 4.78 is 33.3. The molecule has 1 saturated heterocycles. The van der Waals surface area contributed by atoms with Gasteiger partial charge in [-0.3, -0.25) is 4.79 Å². The molecular weight excluding hydrogens is 352 g/mol. The van der Waals surface area contributed by atoms with Crippen molar-refractivity contribution >= 4 is 23.4 Å². The molecule has 2 atom stereocenters. The van der Waals surface area contributed by atoms with Crippen LogP contribution in [0.1, 0.15) is 19.8 Å². The van der Waals surface area contributed by atoms with Crippen molar-refractivity contribution in [2.75, 3.05) is 11.9 Å². The summed E-state index contributed by atoms with van der Waals surface area (Å²) in [6.45, 7) is 2.96. The Balaban J connectivity index is 1.59. The Morgan fingerprint density at radius 1 is 1.48 bits per heavy atom. The third kappa shape index (κ3) is 4.51. The Bertz CT molecular complexity index is 751. The second-order valence-corrected chi connectivity index (χ2v) is 6.96. The molecule has 1 aliphatic heterocycles. The van der Waals surface area contributed by atoms with Crippen molar-refractivity contribution in [2.45, 2.75) is 42.8 Å². The van der Waals surface area contributed by atoms with Gasteiger partial charge in [0.25, 0.3) is 0 Å². The Hall–Kier alpha value is -2.07. The second-order valence-electron chi connectivity index (χ2n) is 5.66. The minimum Gasteiger partial charge on any atom is -0.376 e. The molecule has 1 fully saturated rings. The van der Waals surface area contributed by atoms with Gasteiger partial charge in [0.2, 0.25) is 11.1 Å². The molecule has 2 aromatic rings. The van der Waals surface area contributed by atoms with Gasteiger partial charge in [-0.1, -0.05) is 11.8 Å². The Kier molecular flexibility index (Phi) is 5.59. The third-order valence-electron chi connectivity index (χ3n) is 3.74. The molecule has 0 aliphatic carbocycles. The molecule has 0 bridgehead atoms. The third-order valence-corrected chi connectivity index (χ3v) is 4.81. The lowest BCUT2D eigenvalue weighted by Gasteiger charge is -2.13. The predicted molar refractivity (Wildman–Crippen MR) is 87.1 cm³/mol. The number of hydrogen-bond acceptors (Lipinski definition) is 6. The number of halogens is 2. The molecule has 1 aromatic carbocycles. The predicted octanol–water partition coefficient (Wildman–Crippen LogP) is 2.25. The highest BCUT2D eigenvalue weighted by Gasteiger charge is 2.22. The van der Waals surface area contributed by atoms with Crippen LogP contribution in [-0.4, -0.2) is 44.1 Å². The number of nitrogens with one attached hydrogen (secondary N) is 1. The van der Waals surface area contributed by atoms with Crippen LogP contribution in [0.25, 0.3) is 0 Å². The van der Waals surface area contributed by atoms with Crippen molar-refractivity contribution in [3.63, 3.8) is 0 Å². The number of thioether (sulfide) groups is 1. The standard InChI is InChI=1S/C15H17F2N5O2S/c1-9(14(23)18-10-4-5-12(16)13(17)7-10)25-15-19-20-21-22(15)8-11-3-2-6-24-11/h4-5,7,9,11H,2-3,6,8H2,1H3,(H,18,23). The summed E-state index contributed by atoms with van der Waals surface area (Å²) >= 11 is 1.19. The zero-order valence-corrected chi connectivity index (χ0v) is 14.3. The number of nitrogens with zero attached hydrogens (tertiary/aromatic N) is 4. The van der Waals surface area contributed by atoms with E-state index in [4.69, 9.17) is 4.74 Å². The maximum absolute atomic E-state index is 13.2. The molecule has 0 saturated carbocycles. The minimum absolute atomic E-state index is 0.0779. The molecule has 0 radical (unpaired) electrons. The number of ether oxygens (including phenoxy) is 1. The molecule has 134 valence electrons.